The summed E-state index contributed by atoms with van der Waals surface area (Å²) < 4.78 is 13.0. The monoisotopic (exact) mass is 366 g/mol. The molecule has 0 unspecified atom stereocenters. The van der Waals surface area contributed by atoms with E-state index in [2.05, 4.69) is 6.92 Å². The summed E-state index contributed by atoms with van der Waals surface area (Å²) in [5, 5.41) is 19.0. The number of rotatable bonds is 7. The Hall–Kier alpha value is -1.99. The minimum Gasteiger partial charge on any atom is -0.382 e. The Labute approximate surface area is 153 Å². The van der Waals surface area contributed by atoms with Gasteiger partial charge in [-0.2, -0.15) is 0 Å². The Morgan fingerprint density at radius 2 is 2.04 bits per heavy atom. The smallest absolute Gasteiger partial charge is 0.272 e. The van der Waals surface area contributed by atoms with Gasteiger partial charge >= 0.3 is 0 Å². The molecule has 1 aromatic carbocycles. The van der Waals surface area contributed by atoms with E-state index in [1.54, 1.807) is 17.0 Å². The predicted octanol–water partition coefficient (Wildman–Crippen LogP) is 1.89. The standard InChI is InChI=1S/C19H27FN2O4/c1-13-4-3-11-22(12-13)19(25)16(17(23)18(24)21-26)6-2-5-14-7-9-15(20)10-8-14/h7-10,13,16-17,23,26H,2-6,11-12H2,1H3,(H,21,24)/t13-,16-,17+/m1/s1. The molecule has 7 heteroatoms. The Kier molecular flexibility index (Phi) is 7.53. The van der Waals surface area contributed by atoms with Crippen LogP contribution in [0.15, 0.2) is 24.3 Å². The maximum Gasteiger partial charge on any atom is 0.272 e. The van der Waals surface area contributed by atoms with Crippen LogP contribution in [0.1, 0.15) is 38.2 Å². The maximum absolute atomic E-state index is 13.0. The number of nitrogens with one attached hydrogen (secondary N) is 1. The molecule has 1 aliphatic rings. The minimum absolute atomic E-state index is 0.258. The number of benzene rings is 1. The van der Waals surface area contributed by atoms with Gasteiger partial charge in [0.05, 0.1) is 5.92 Å². The van der Waals surface area contributed by atoms with Crippen LogP contribution in [0.5, 0.6) is 0 Å². The number of likely N-dealkylation sites (tertiary alicyclic amines) is 1. The topological polar surface area (TPSA) is 89.9 Å². The van der Waals surface area contributed by atoms with E-state index >= 15 is 0 Å². The highest BCUT2D eigenvalue weighted by molar-refractivity contribution is 5.88. The number of halogens is 1. The number of nitrogens with zero attached hydrogens (tertiary/aromatic N) is 1. The van der Waals surface area contributed by atoms with Gasteiger partial charge in [-0.05, 0) is 55.7 Å². The van der Waals surface area contributed by atoms with Crippen LogP contribution >= 0.6 is 0 Å². The van der Waals surface area contributed by atoms with Crippen molar-refractivity contribution >= 4 is 11.8 Å². The van der Waals surface area contributed by atoms with Crippen LogP contribution in [0.4, 0.5) is 4.39 Å². The van der Waals surface area contributed by atoms with Crippen molar-refractivity contribution in [3.63, 3.8) is 0 Å². The van der Waals surface area contributed by atoms with Crippen molar-refractivity contribution < 1.29 is 24.3 Å². The van der Waals surface area contributed by atoms with E-state index in [4.69, 9.17) is 5.21 Å². The summed E-state index contributed by atoms with van der Waals surface area (Å²) in [5.74, 6) is -2.07. The number of piperidine rings is 1. The number of amides is 2. The SMILES string of the molecule is C[C@@H]1CCCN(C(=O)[C@H](CCCc2ccc(F)cc2)[C@H](O)C(=O)NO)C1. The predicted molar refractivity (Wildman–Crippen MR) is 93.7 cm³/mol. The fraction of sp³-hybridized carbons (Fsp3) is 0.579. The third kappa shape index (κ3) is 5.51. The van der Waals surface area contributed by atoms with Gasteiger partial charge < -0.3 is 10.0 Å². The van der Waals surface area contributed by atoms with Gasteiger partial charge in [-0.1, -0.05) is 19.1 Å². The van der Waals surface area contributed by atoms with Gasteiger partial charge in [0.2, 0.25) is 5.91 Å². The summed E-state index contributed by atoms with van der Waals surface area (Å²) in [6.07, 6.45) is 1.82. The van der Waals surface area contributed by atoms with Crippen LogP contribution in [-0.2, 0) is 16.0 Å². The first-order chi connectivity index (χ1) is 12.4. The quantitative estimate of drug-likeness (QED) is 0.508. The second-order valence-electron chi connectivity index (χ2n) is 7.08. The molecule has 0 spiro atoms. The molecule has 0 saturated carbocycles. The molecule has 26 heavy (non-hydrogen) atoms. The first-order valence-electron chi connectivity index (χ1n) is 9.07. The molecule has 6 nitrogen and oxygen atoms in total. The molecule has 1 aromatic rings. The van der Waals surface area contributed by atoms with Gasteiger partial charge in [-0.15, -0.1) is 0 Å². The van der Waals surface area contributed by atoms with Gasteiger partial charge in [0.25, 0.3) is 5.91 Å². The van der Waals surface area contributed by atoms with Crippen LogP contribution in [0.25, 0.3) is 0 Å². The van der Waals surface area contributed by atoms with E-state index in [1.807, 2.05) is 0 Å². The molecule has 3 atom stereocenters. The van der Waals surface area contributed by atoms with E-state index in [0.717, 1.165) is 18.4 Å². The number of hydroxylamine groups is 1. The van der Waals surface area contributed by atoms with Gasteiger partial charge in [0.1, 0.15) is 11.9 Å². The van der Waals surface area contributed by atoms with Gasteiger partial charge in [0, 0.05) is 13.1 Å². The van der Waals surface area contributed by atoms with Crippen LogP contribution < -0.4 is 5.48 Å². The maximum atomic E-state index is 13.0. The Bertz CT molecular complexity index is 608. The molecular formula is C19H27FN2O4. The van der Waals surface area contributed by atoms with E-state index in [1.165, 1.54) is 17.6 Å². The fourth-order valence-corrected chi connectivity index (χ4v) is 3.47. The highest BCUT2D eigenvalue weighted by Gasteiger charge is 2.35. The third-order valence-electron chi connectivity index (χ3n) is 4.94. The average molecular weight is 366 g/mol. The van der Waals surface area contributed by atoms with E-state index in [9.17, 15) is 19.1 Å². The molecular weight excluding hydrogens is 339 g/mol. The minimum atomic E-state index is -1.60. The van der Waals surface area contributed by atoms with Gasteiger partial charge in [-0.25, -0.2) is 9.87 Å². The summed E-state index contributed by atoms with van der Waals surface area (Å²) >= 11 is 0. The summed E-state index contributed by atoms with van der Waals surface area (Å²) in [7, 11) is 0. The molecule has 3 N–H and O–H groups in total. The molecule has 0 aliphatic carbocycles. The number of aliphatic hydroxyl groups excluding tert-OH is 1. The van der Waals surface area contributed by atoms with Crippen molar-refractivity contribution in [1.82, 2.24) is 10.4 Å². The zero-order valence-corrected chi connectivity index (χ0v) is 15.0. The summed E-state index contributed by atoms with van der Waals surface area (Å²) in [5.41, 5.74) is 2.35. The van der Waals surface area contributed by atoms with Gasteiger partial charge in [-0.3, -0.25) is 14.8 Å². The molecule has 1 aliphatic heterocycles. The van der Waals surface area contributed by atoms with E-state index < -0.39 is 17.9 Å². The average Bonchev–Trinajstić information content (AvgIpc) is 2.65. The lowest BCUT2D eigenvalue weighted by Gasteiger charge is -2.34. The second kappa shape index (κ2) is 9.64. The molecule has 0 radical (unpaired) electrons. The van der Waals surface area contributed by atoms with Crippen molar-refractivity contribution in [3.05, 3.63) is 35.6 Å². The number of hydrogen-bond acceptors (Lipinski definition) is 4. The molecule has 2 amide bonds. The Morgan fingerprint density at radius 3 is 2.65 bits per heavy atom. The molecule has 0 bridgehead atoms. The number of aryl methyl sites for hydroxylation is 1. The molecule has 1 saturated heterocycles. The first kappa shape index (κ1) is 20.3. The van der Waals surface area contributed by atoms with Gasteiger partial charge in [0.15, 0.2) is 0 Å². The van der Waals surface area contributed by atoms with Crippen molar-refractivity contribution in [1.29, 1.82) is 0 Å². The largest absolute Gasteiger partial charge is 0.382 e. The van der Waals surface area contributed by atoms with Crippen molar-refractivity contribution in [3.8, 4) is 0 Å². The van der Waals surface area contributed by atoms with E-state index in [-0.39, 0.29) is 11.7 Å². The molecule has 1 heterocycles. The zero-order valence-electron chi connectivity index (χ0n) is 15.0. The third-order valence-corrected chi connectivity index (χ3v) is 4.94. The lowest BCUT2D eigenvalue weighted by molar-refractivity contribution is -0.151. The normalized spacial score (nSPS) is 19.7. The van der Waals surface area contributed by atoms with Crippen LogP contribution in [-0.4, -0.2) is 46.2 Å². The number of carbonyl (C=O) groups is 2. The van der Waals surface area contributed by atoms with Crippen LogP contribution in [0.3, 0.4) is 0 Å². The molecule has 144 valence electrons. The zero-order chi connectivity index (χ0) is 19.1. The second-order valence-corrected chi connectivity index (χ2v) is 7.08. The Balaban J connectivity index is 2.01. The van der Waals surface area contributed by atoms with Crippen molar-refractivity contribution in [2.24, 2.45) is 11.8 Å². The lowest BCUT2D eigenvalue weighted by Crippen LogP contribution is -2.49. The molecule has 0 aromatic heterocycles. The summed E-state index contributed by atoms with van der Waals surface area (Å²) in [6, 6.07) is 6.10. The van der Waals surface area contributed by atoms with E-state index in [0.29, 0.717) is 38.3 Å². The lowest BCUT2D eigenvalue weighted by atomic mass is 9.91. The highest BCUT2D eigenvalue weighted by Crippen LogP contribution is 2.22. The Morgan fingerprint density at radius 1 is 1.35 bits per heavy atom. The first-order valence-corrected chi connectivity index (χ1v) is 9.07. The van der Waals surface area contributed by atoms with Crippen molar-refractivity contribution in [2.45, 2.75) is 45.1 Å². The van der Waals surface area contributed by atoms with Crippen LogP contribution in [0, 0.1) is 17.7 Å². The number of hydrogen-bond donors (Lipinski definition) is 3. The fourth-order valence-electron chi connectivity index (χ4n) is 3.47. The number of carbonyl (C=O) groups excluding carboxylic acids is 2. The van der Waals surface area contributed by atoms with Crippen molar-refractivity contribution in [2.75, 3.05) is 13.1 Å². The summed E-state index contributed by atoms with van der Waals surface area (Å²) in [4.78, 5) is 26.2. The molecule has 2 rings (SSSR count). The number of aliphatic hydroxyl groups is 1. The summed E-state index contributed by atoms with van der Waals surface area (Å²) in [6.45, 7) is 3.30. The molecule has 1 fully saturated rings. The van der Waals surface area contributed by atoms with Crippen LogP contribution in [0.2, 0.25) is 0 Å². The highest BCUT2D eigenvalue weighted by atomic mass is 19.1.